The van der Waals surface area contributed by atoms with Crippen LogP contribution in [0.5, 0.6) is 5.75 Å². The molecule has 16 heavy (non-hydrogen) atoms. The van der Waals surface area contributed by atoms with E-state index >= 15 is 0 Å². The average molecular weight is 221 g/mol. The number of amides is 1. The second-order valence-electron chi connectivity index (χ2n) is 4.00. The third-order valence-electron chi connectivity index (χ3n) is 2.67. The van der Waals surface area contributed by atoms with Crippen LogP contribution in [0.3, 0.4) is 0 Å². The third-order valence-corrected chi connectivity index (χ3v) is 2.67. The van der Waals surface area contributed by atoms with Crippen molar-refractivity contribution in [3.8, 4) is 5.75 Å². The molecule has 88 valence electrons. The number of carbonyl (C=O) groups excluding carboxylic acids is 1. The molecule has 0 unspecified atom stereocenters. The number of methoxy groups -OCH3 is 1. The SMILES string of the molecule is CC[C@H](C)C(=O)Nc1cc(C)ccc1OC. The summed E-state index contributed by atoms with van der Waals surface area (Å²) in [5, 5.41) is 2.89. The third kappa shape index (κ3) is 2.99. The van der Waals surface area contributed by atoms with Crippen LogP contribution < -0.4 is 10.1 Å². The smallest absolute Gasteiger partial charge is 0.227 e. The van der Waals surface area contributed by atoms with Crippen LogP contribution in [0.4, 0.5) is 5.69 Å². The van der Waals surface area contributed by atoms with Gasteiger partial charge >= 0.3 is 0 Å². The minimum absolute atomic E-state index is 0.0187. The van der Waals surface area contributed by atoms with Crippen molar-refractivity contribution in [2.75, 3.05) is 12.4 Å². The van der Waals surface area contributed by atoms with Gasteiger partial charge in [-0.25, -0.2) is 0 Å². The molecular weight excluding hydrogens is 202 g/mol. The summed E-state index contributed by atoms with van der Waals surface area (Å²) in [5.41, 5.74) is 1.84. The molecule has 0 fully saturated rings. The number of rotatable bonds is 4. The molecule has 0 aliphatic rings. The normalized spacial score (nSPS) is 12.0. The number of anilines is 1. The minimum atomic E-state index is 0.0187. The largest absolute Gasteiger partial charge is 0.495 e. The molecule has 0 radical (unpaired) electrons. The van der Waals surface area contributed by atoms with Crippen molar-refractivity contribution in [2.24, 2.45) is 5.92 Å². The topological polar surface area (TPSA) is 38.3 Å². The standard InChI is InChI=1S/C13H19NO2/c1-5-10(3)13(15)14-11-8-9(2)6-7-12(11)16-4/h6-8,10H,5H2,1-4H3,(H,14,15)/t10-/m0/s1. The Kier molecular flexibility index (Phi) is 4.35. The summed E-state index contributed by atoms with van der Waals surface area (Å²) in [6.07, 6.45) is 0.833. The van der Waals surface area contributed by atoms with Crippen LogP contribution in [0.1, 0.15) is 25.8 Å². The molecule has 0 bridgehead atoms. The molecule has 1 rings (SSSR count). The lowest BCUT2D eigenvalue weighted by molar-refractivity contribution is -0.119. The van der Waals surface area contributed by atoms with Gasteiger partial charge in [-0.2, -0.15) is 0 Å². The zero-order valence-electron chi connectivity index (χ0n) is 10.3. The molecule has 0 aromatic heterocycles. The molecule has 0 saturated carbocycles. The zero-order valence-corrected chi connectivity index (χ0v) is 10.3. The van der Waals surface area contributed by atoms with Crippen molar-refractivity contribution in [1.29, 1.82) is 0 Å². The van der Waals surface area contributed by atoms with Gasteiger partial charge in [-0.1, -0.05) is 19.9 Å². The van der Waals surface area contributed by atoms with Crippen molar-refractivity contribution in [3.63, 3.8) is 0 Å². The van der Waals surface area contributed by atoms with Crippen molar-refractivity contribution >= 4 is 11.6 Å². The number of benzene rings is 1. The molecule has 1 aromatic rings. The molecule has 0 heterocycles. The Hall–Kier alpha value is -1.51. The van der Waals surface area contributed by atoms with E-state index in [1.54, 1.807) is 7.11 Å². The van der Waals surface area contributed by atoms with Crippen molar-refractivity contribution in [2.45, 2.75) is 27.2 Å². The summed E-state index contributed by atoms with van der Waals surface area (Å²) in [4.78, 5) is 11.8. The predicted octanol–water partition coefficient (Wildman–Crippen LogP) is 2.99. The van der Waals surface area contributed by atoms with Crippen LogP contribution in [0.15, 0.2) is 18.2 Å². The van der Waals surface area contributed by atoms with E-state index < -0.39 is 0 Å². The second-order valence-corrected chi connectivity index (χ2v) is 4.00. The Morgan fingerprint density at radius 1 is 1.50 bits per heavy atom. The molecule has 1 atom stereocenters. The molecule has 1 N–H and O–H groups in total. The Bertz CT molecular complexity index is 374. The van der Waals surface area contributed by atoms with E-state index in [1.807, 2.05) is 39.0 Å². The Morgan fingerprint density at radius 3 is 2.75 bits per heavy atom. The number of ether oxygens (including phenoxy) is 1. The molecule has 3 nitrogen and oxygen atoms in total. The number of aryl methyl sites for hydroxylation is 1. The lowest BCUT2D eigenvalue weighted by atomic mass is 10.1. The van der Waals surface area contributed by atoms with Crippen LogP contribution in [0, 0.1) is 12.8 Å². The number of hydrogen-bond acceptors (Lipinski definition) is 2. The fourth-order valence-corrected chi connectivity index (χ4v) is 1.36. The molecule has 0 spiro atoms. The highest BCUT2D eigenvalue weighted by Gasteiger charge is 2.12. The monoisotopic (exact) mass is 221 g/mol. The van der Waals surface area contributed by atoms with Crippen LogP contribution in [-0.2, 0) is 4.79 Å². The van der Waals surface area contributed by atoms with Gasteiger partial charge in [0, 0.05) is 5.92 Å². The lowest BCUT2D eigenvalue weighted by Gasteiger charge is -2.13. The molecule has 0 saturated heterocycles. The quantitative estimate of drug-likeness (QED) is 0.848. The van der Waals surface area contributed by atoms with Gasteiger partial charge in [-0.3, -0.25) is 4.79 Å². The summed E-state index contributed by atoms with van der Waals surface area (Å²) in [6.45, 7) is 5.90. The first-order valence-corrected chi connectivity index (χ1v) is 5.54. The van der Waals surface area contributed by atoms with E-state index in [0.29, 0.717) is 5.75 Å². The van der Waals surface area contributed by atoms with E-state index in [4.69, 9.17) is 4.74 Å². The summed E-state index contributed by atoms with van der Waals surface area (Å²) < 4.78 is 5.20. The first-order valence-electron chi connectivity index (χ1n) is 5.54. The van der Waals surface area contributed by atoms with Gasteiger partial charge in [0.05, 0.1) is 12.8 Å². The van der Waals surface area contributed by atoms with Crippen LogP contribution >= 0.6 is 0 Å². The number of carbonyl (C=O) groups is 1. The Labute approximate surface area is 96.8 Å². The first kappa shape index (κ1) is 12.6. The highest BCUT2D eigenvalue weighted by Crippen LogP contribution is 2.25. The van der Waals surface area contributed by atoms with Gasteiger partial charge in [0.25, 0.3) is 0 Å². The molecule has 0 aliphatic carbocycles. The molecule has 1 amide bonds. The lowest BCUT2D eigenvalue weighted by Crippen LogP contribution is -2.20. The summed E-state index contributed by atoms with van der Waals surface area (Å²) in [7, 11) is 1.60. The molecule has 1 aromatic carbocycles. The fraction of sp³-hybridized carbons (Fsp3) is 0.462. The number of nitrogens with one attached hydrogen (secondary N) is 1. The maximum Gasteiger partial charge on any atom is 0.227 e. The summed E-state index contributed by atoms with van der Waals surface area (Å²) in [5.74, 6) is 0.749. The maximum atomic E-state index is 11.8. The van der Waals surface area contributed by atoms with Gasteiger partial charge in [0.2, 0.25) is 5.91 Å². The maximum absolute atomic E-state index is 11.8. The van der Waals surface area contributed by atoms with Crippen molar-refractivity contribution < 1.29 is 9.53 Å². The second kappa shape index (κ2) is 5.54. The Morgan fingerprint density at radius 2 is 2.19 bits per heavy atom. The first-order chi connectivity index (χ1) is 7.58. The predicted molar refractivity (Wildman–Crippen MR) is 65.8 cm³/mol. The molecule has 3 heteroatoms. The van der Waals surface area contributed by atoms with E-state index in [1.165, 1.54) is 0 Å². The van der Waals surface area contributed by atoms with E-state index in [0.717, 1.165) is 17.7 Å². The summed E-state index contributed by atoms with van der Waals surface area (Å²) in [6, 6.07) is 5.73. The highest BCUT2D eigenvalue weighted by molar-refractivity contribution is 5.93. The van der Waals surface area contributed by atoms with Crippen LogP contribution in [0.2, 0.25) is 0 Å². The van der Waals surface area contributed by atoms with Gasteiger partial charge < -0.3 is 10.1 Å². The number of hydrogen-bond donors (Lipinski definition) is 1. The van der Waals surface area contributed by atoms with E-state index in [2.05, 4.69) is 5.32 Å². The Balaban J connectivity index is 2.87. The van der Waals surface area contributed by atoms with E-state index in [9.17, 15) is 4.79 Å². The molecular formula is C13H19NO2. The zero-order chi connectivity index (χ0) is 12.1. The van der Waals surface area contributed by atoms with Gasteiger partial charge in [-0.05, 0) is 31.0 Å². The van der Waals surface area contributed by atoms with Crippen molar-refractivity contribution in [1.82, 2.24) is 0 Å². The van der Waals surface area contributed by atoms with Crippen LogP contribution in [0.25, 0.3) is 0 Å². The fourth-order valence-electron chi connectivity index (χ4n) is 1.36. The molecule has 0 aliphatic heterocycles. The van der Waals surface area contributed by atoms with Gasteiger partial charge in [-0.15, -0.1) is 0 Å². The van der Waals surface area contributed by atoms with E-state index in [-0.39, 0.29) is 11.8 Å². The van der Waals surface area contributed by atoms with Crippen molar-refractivity contribution in [3.05, 3.63) is 23.8 Å². The minimum Gasteiger partial charge on any atom is -0.495 e. The van der Waals surface area contributed by atoms with Gasteiger partial charge in [0.1, 0.15) is 5.75 Å². The van der Waals surface area contributed by atoms with Gasteiger partial charge in [0.15, 0.2) is 0 Å². The summed E-state index contributed by atoms with van der Waals surface area (Å²) >= 11 is 0. The average Bonchev–Trinajstić information content (AvgIpc) is 2.28. The highest BCUT2D eigenvalue weighted by atomic mass is 16.5. The van der Waals surface area contributed by atoms with Crippen LogP contribution in [-0.4, -0.2) is 13.0 Å².